The van der Waals surface area contributed by atoms with Crippen molar-refractivity contribution in [3.8, 4) is 0 Å². The normalized spacial score (nSPS) is 30.5. The fraction of sp³-hybridized carbons (Fsp3) is 0.800. The first-order valence-corrected chi connectivity index (χ1v) is 4.56. The molecule has 70 valence electrons. The molecule has 0 radical (unpaired) electrons. The third-order valence-electron chi connectivity index (χ3n) is 2.77. The van der Waals surface area contributed by atoms with E-state index in [-0.39, 0.29) is 6.61 Å². The van der Waals surface area contributed by atoms with Gasteiger partial charge in [0.15, 0.2) is 0 Å². The molecule has 2 N–H and O–H groups in total. The summed E-state index contributed by atoms with van der Waals surface area (Å²) in [5, 5.41) is 18.6. The van der Waals surface area contributed by atoms with E-state index in [0.29, 0.717) is 0 Å². The van der Waals surface area contributed by atoms with Crippen LogP contribution in [-0.4, -0.2) is 22.4 Å². The number of aliphatic hydroxyl groups excluding tert-OH is 1. The first-order chi connectivity index (χ1) is 5.55. The van der Waals surface area contributed by atoms with Crippen molar-refractivity contribution in [2.75, 3.05) is 6.61 Å². The van der Waals surface area contributed by atoms with E-state index in [9.17, 15) is 5.11 Å². The van der Waals surface area contributed by atoms with Crippen molar-refractivity contribution in [2.45, 2.75) is 45.1 Å². The maximum Gasteiger partial charge on any atom is 0.0641 e. The first kappa shape index (κ1) is 9.75. The molecular weight excluding hydrogens is 152 g/mol. The van der Waals surface area contributed by atoms with Gasteiger partial charge in [-0.05, 0) is 45.1 Å². The number of allylic oxidation sites excluding steroid dienone is 1. The quantitative estimate of drug-likeness (QED) is 0.587. The van der Waals surface area contributed by atoms with E-state index >= 15 is 0 Å². The molecule has 1 fully saturated rings. The van der Waals surface area contributed by atoms with Crippen LogP contribution in [0.2, 0.25) is 0 Å². The summed E-state index contributed by atoms with van der Waals surface area (Å²) < 4.78 is 0. The lowest BCUT2D eigenvalue weighted by molar-refractivity contribution is 0.0323. The van der Waals surface area contributed by atoms with E-state index < -0.39 is 5.60 Å². The Morgan fingerprint density at radius 2 is 1.92 bits per heavy atom. The topological polar surface area (TPSA) is 40.5 Å². The van der Waals surface area contributed by atoms with E-state index in [2.05, 4.69) is 0 Å². The van der Waals surface area contributed by atoms with Crippen LogP contribution in [0.25, 0.3) is 0 Å². The molecule has 0 aromatic heterocycles. The van der Waals surface area contributed by atoms with Gasteiger partial charge >= 0.3 is 0 Å². The van der Waals surface area contributed by atoms with Gasteiger partial charge in [-0.3, -0.25) is 0 Å². The van der Waals surface area contributed by atoms with Crippen molar-refractivity contribution in [3.63, 3.8) is 0 Å². The standard InChI is InChI=1S/C10H18O2/c1-8(7-11)9-3-5-10(2,12)6-4-9/h11-12H,3-7H2,1-2H3. The molecule has 1 aliphatic carbocycles. The molecule has 0 bridgehead atoms. The van der Waals surface area contributed by atoms with Crippen LogP contribution in [0.5, 0.6) is 0 Å². The molecule has 0 unspecified atom stereocenters. The van der Waals surface area contributed by atoms with Gasteiger partial charge in [-0.2, -0.15) is 0 Å². The monoisotopic (exact) mass is 170 g/mol. The molecule has 0 spiro atoms. The third kappa shape index (κ3) is 2.32. The van der Waals surface area contributed by atoms with Crippen molar-refractivity contribution in [2.24, 2.45) is 0 Å². The van der Waals surface area contributed by atoms with Gasteiger partial charge in [0.25, 0.3) is 0 Å². The zero-order chi connectivity index (χ0) is 9.19. The lowest BCUT2D eigenvalue weighted by atomic mass is 9.82. The van der Waals surface area contributed by atoms with E-state index in [1.807, 2.05) is 13.8 Å². The Kier molecular flexibility index (Phi) is 2.91. The van der Waals surface area contributed by atoms with Crippen molar-refractivity contribution in [1.82, 2.24) is 0 Å². The molecule has 0 atom stereocenters. The molecule has 2 nitrogen and oxygen atoms in total. The number of hydrogen-bond acceptors (Lipinski definition) is 2. The van der Waals surface area contributed by atoms with Gasteiger partial charge in [0.1, 0.15) is 0 Å². The smallest absolute Gasteiger partial charge is 0.0641 e. The zero-order valence-electron chi connectivity index (χ0n) is 7.93. The molecule has 0 heterocycles. The van der Waals surface area contributed by atoms with E-state index in [1.165, 1.54) is 5.57 Å². The van der Waals surface area contributed by atoms with Crippen molar-refractivity contribution in [1.29, 1.82) is 0 Å². The number of aliphatic hydroxyl groups is 2. The van der Waals surface area contributed by atoms with E-state index in [0.717, 1.165) is 31.3 Å². The second-order valence-corrected chi connectivity index (χ2v) is 4.04. The van der Waals surface area contributed by atoms with Gasteiger partial charge in [-0.25, -0.2) is 0 Å². The average molecular weight is 170 g/mol. The van der Waals surface area contributed by atoms with E-state index in [4.69, 9.17) is 5.11 Å². The summed E-state index contributed by atoms with van der Waals surface area (Å²) in [6.45, 7) is 4.02. The van der Waals surface area contributed by atoms with Gasteiger partial charge in [0.05, 0.1) is 12.2 Å². The van der Waals surface area contributed by atoms with Crippen LogP contribution >= 0.6 is 0 Å². The molecule has 0 amide bonds. The van der Waals surface area contributed by atoms with Crippen LogP contribution < -0.4 is 0 Å². The van der Waals surface area contributed by atoms with Gasteiger partial charge in [0, 0.05) is 0 Å². The Hall–Kier alpha value is -0.340. The molecule has 0 aromatic carbocycles. The summed E-state index contributed by atoms with van der Waals surface area (Å²) in [4.78, 5) is 0. The van der Waals surface area contributed by atoms with Crippen molar-refractivity contribution < 1.29 is 10.2 Å². The lowest BCUT2D eigenvalue weighted by Crippen LogP contribution is -2.27. The Morgan fingerprint density at radius 3 is 2.33 bits per heavy atom. The van der Waals surface area contributed by atoms with Crippen LogP contribution in [0, 0.1) is 0 Å². The minimum absolute atomic E-state index is 0.164. The summed E-state index contributed by atoms with van der Waals surface area (Å²) in [6, 6.07) is 0. The Bertz CT molecular complexity index is 180. The Balaban J connectivity index is 2.57. The highest BCUT2D eigenvalue weighted by Gasteiger charge is 2.25. The van der Waals surface area contributed by atoms with Gasteiger partial charge in [-0.15, -0.1) is 0 Å². The van der Waals surface area contributed by atoms with Gasteiger partial charge < -0.3 is 10.2 Å². The first-order valence-electron chi connectivity index (χ1n) is 4.56. The SMILES string of the molecule is CC(CO)=C1CCC(C)(O)CC1. The molecular formula is C10H18O2. The van der Waals surface area contributed by atoms with Crippen molar-refractivity contribution in [3.05, 3.63) is 11.1 Å². The molecule has 1 aliphatic rings. The number of hydrogen-bond donors (Lipinski definition) is 2. The Labute approximate surface area is 73.9 Å². The van der Waals surface area contributed by atoms with Crippen molar-refractivity contribution >= 4 is 0 Å². The highest BCUT2D eigenvalue weighted by atomic mass is 16.3. The fourth-order valence-electron chi connectivity index (χ4n) is 1.63. The van der Waals surface area contributed by atoms with Crippen LogP contribution in [-0.2, 0) is 0 Å². The second kappa shape index (κ2) is 3.58. The zero-order valence-corrected chi connectivity index (χ0v) is 7.93. The largest absolute Gasteiger partial charge is 0.392 e. The predicted octanol–water partition coefficient (Wildman–Crippen LogP) is 1.62. The van der Waals surface area contributed by atoms with Crippen LogP contribution in [0.1, 0.15) is 39.5 Å². The molecule has 0 aromatic rings. The number of rotatable bonds is 1. The maximum atomic E-state index is 9.66. The fourth-order valence-corrected chi connectivity index (χ4v) is 1.63. The van der Waals surface area contributed by atoms with Gasteiger partial charge in [0.2, 0.25) is 0 Å². The van der Waals surface area contributed by atoms with Crippen LogP contribution in [0.15, 0.2) is 11.1 Å². The molecule has 0 aliphatic heterocycles. The maximum absolute atomic E-state index is 9.66. The second-order valence-electron chi connectivity index (χ2n) is 4.04. The summed E-state index contributed by atoms with van der Waals surface area (Å²) in [7, 11) is 0. The minimum Gasteiger partial charge on any atom is -0.392 e. The Morgan fingerprint density at radius 1 is 1.42 bits per heavy atom. The summed E-state index contributed by atoms with van der Waals surface area (Å²) >= 11 is 0. The summed E-state index contributed by atoms with van der Waals surface area (Å²) in [6.07, 6.45) is 3.55. The summed E-state index contributed by atoms with van der Waals surface area (Å²) in [5.41, 5.74) is 1.95. The highest BCUT2D eigenvalue weighted by Crippen LogP contribution is 2.32. The highest BCUT2D eigenvalue weighted by molar-refractivity contribution is 5.15. The molecule has 1 saturated carbocycles. The predicted molar refractivity (Wildman–Crippen MR) is 48.9 cm³/mol. The minimum atomic E-state index is -0.473. The average Bonchev–Trinajstić information content (AvgIpc) is 2.03. The summed E-state index contributed by atoms with van der Waals surface area (Å²) in [5.74, 6) is 0. The molecule has 1 rings (SSSR count). The molecule has 12 heavy (non-hydrogen) atoms. The van der Waals surface area contributed by atoms with Gasteiger partial charge in [-0.1, -0.05) is 5.57 Å². The third-order valence-corrected chi connectivity index (χ3v) is 2.77. The lowest BCUT2D eigenvalue weighted by Gasteiger charge is -2.30. The van der Waals surface area contributed by atoms with E-state index in [1.54, 1.807) is 0 Å². The van der Waals surface area contributed by atoms with Crippen LogP contribution in [0.3, 0.4) is 0 Å². The van der Waals surface area contributed by atoms with Crippen LogP contribution in [0.4, 0.5) is 0 Å². The molecule has 2 heteroatoms. The molecule has 0 saturated heterocycles.